The number of aliphatic hydroxyl groups excluding tert-OH is 1. The molecule has 3 atom stereocenters. The summed E-state index contributed by atoms with van der Waals surface area (Å²) in [5.41, 5.74) is 4.89. The highest BCUT2D eigenvalue weighted by molar-refractivity contribution is 7.13. The van der Waals surface area contributed by atoms with E-state index in [1.165, 1.54) is 11.0 Å². The minimum absolute atomic E-state index is 0.00645. The lowest BCUT2D eigenvalue weighted by molar-refractivity contribution is -0.383. The second-order valence-corrected chi connectivity index (χ2v) is 15.4. The third-order valence-corrected chi connectivity index (χ3v) is 10.4. The SMILES string of the molecule is Cc1ncsc1-c1ccc(CNC(=O)[C@@H]2C[C@@H](O)CN2C(=O)[C@@H](NC(=O)CCOCCOCCOCCn2ccc3c([N+](=O)[O-])cccc32)C(C)(C)C)cc1. The number of carbonyl (C=O) groups is 3. The molecule has 16 heteroatoms. The minimum Gasteiger partial charge on any atom is -0.391 e. The summed E-state index contributed by atoms with van der Waals surface area (Å²) in [5, 5.41) is 28.1. The summed E-state index contributed by atoms with van der Waals surface area (Å²) in [6.07, 6.45) is 1.07. The summed E-state index contributed by atoms with van der Waals surface area (Å²) in [5.74, 6) is -1.16. The first-order valence-electron chi connectivity index (χ1n) is 18.3. The van der Waals surface area contributed by atoms with Gasteiger partial charge in [0.1, 0.15) is 12.1 Å². The van der Waals surface area contributed by atoms with Crippen molar-refractivity contribution in [1.29, 1.82) is 0 Å². The number of hydrogen-bond donors (Lipinski definition) is 3. The van der Waals surface area contributed by atoms with Gasteiger partial charge in [-0.2, -0.15) is 0 Å². The Balaban J connectivity index is 0.984. The second-order valence-electron chi connectivity index (χ2n) is 14.5. The van der Waals surface area contributed by atoms with Crippen molar-refractivity contribution in [2.45, 2.75) is 71.8 Å². The molecule has 0 saturated carbocycles. The number of fused-ring (bicyclic) bond motifs is 1. The molecule has 55 heavy (non-hydrogen) atoms. The number of nitro groups is 1. The summed E-state index contributed by atoms with van der Waals surface area (Å²) in [6, 6.07) is 12.8. The average molecular weight is 779 g/mol. The van der Waals surface area contributed by atoms with Gasteiger partial charge in [0.05, 0.1) is 77.7 Å². The van der Waals surface area contributed by atoms with E-state index in [0.717, 1.165) is 27.2 Å². The van der Waals surface area contributed by atoms with Crippen LogP contribution in [0, 0.1) is 22.5 Å². The number of non-ortho nitro benzene ring substituents is 1. The Morgan fingerprint density at radius 1 is 1.02 bits per heavy atom. The van der Waals surface area contributed by atoms with E-state index in [1.54, 1.807) is 29.7 Å². The second kappa shape index (κ2) is 19.2. The van der Waals surface area contributed by atoms with Gasteiger partial charge in [0.2, 0.25) is 17.7 Å². The molecule has 0 aliphatic carbocycles. The van der Waals surface area contributed by atoms with Gasteiger partial charge in [0, 0.05) is 44.7 Å². The fourth-order valence-electron chi connectivity index (χ4n) is 6.44. The van der Waals surface area contributed by atoms with E-state index in [-0.39, 0.29) is 61.6 Å². The molecule has 4 aromatic rings. The van der Waals surface area contributed by atoms with Crippen LogP contribution >= 0.6 is 11.3 Å². The number of likely N-dealkylation sites (tertiary alicyclic amines) is 1. The Bertz CT molecular complexity index is 1920. The van der Waals surface area contributed by atoms with Crippen molar-refractivity contribution in [3.8, 4) is 10.4 Å². The molecule has 3 amide bonds. The van der Waals surface area contributed by atoms with Crippen LogP contribution in [0.4, 0.5) is 5.69 Å². The number of rotatable bonds is 19. The van der Waals surface area contributed by atoms with E-state index in [9.17, 15) is 29.6 Å². The predicted molar refractivity (Wildman–Crippen MR) is 207 cm³/mol. The number of nitrogens with one attached hydrogen (secondary N) is 2. The van der Waals surface area contributed by atoms with E-state index >= 15 is 0 Å². The Labute approximate surface area is 324 Å². The van der Waals surface area contributed by atoms with Gasteiger partial charge in [-0.05, 0) is 35.6 Å². The maximum Gasteiger partial charge on any atom is 0.278 e. The van der Waals surface area contributed by atoms with E-state index in [0.29, 0.717) is 38.4 Å². The van der Waals surface area contributed by atoms with Gasteiger partial charge in [-0.1, -0.05) is 51.1 Å². The van der Waals surface area contributed by atoms with Gasteiger partial charge in [-0.3, -0.25) is 24.5 Å². The molecule has 3 N–H and O–H groups in total. The van der Waals surface area contributed by atoms with E-state index < -0.39 is 29.5 Å². The number of benzene rings is 2. The number of aromatic nitrogens is 2. The van der Waals surface area contributed by atoms with Crippen LogP contribution in [-0.2, 0) is 41.7 Å². The summed E-state index contributed by atoms with van der Waals surface area (Å²) in [6.45, 7) is 10.1. The normalized spacial score (nSPS) is 16.3. The molecule has 3 heterocycles. The summed E-state index contributed by atoms with van der Waals surface area (Å²) in [7, 11) is 0. The van der Waals surface area contributed by atoms with Crippen LogP contribution in [0.25, 0.3) is 21.3 Å². The number of hydrogen-bond acceptors (Lipinski definition) is 11. The number of thiazole rings is 1. The van der Waals surface area contributed by atoms with Crippen molar-refractivity contribution in [3.63, 3.8) is 0 Å². The Kier molecular flexibility index (Phi) is 14.5. The third-order valence-electron chi connectivity index (χ3n) is 9.39. The predicted octanol–water partition coefficient (Wildman–Crippen LogP) is 4.23. The molecule has 5 rings (SSSR count). The van der Waals surface area contributed by atoms with Gasteiger partial charge < -0.3 is 39.4 Å². The number of amides is 3. The van der Waals surface area contributed by atoms with Gasteiger partial charge in [0.25, 0.3) is 5.69 Å². The number of nitrogens with zero attached hydrogens (tertiary/aromatic N) is 4. The van der Waals surface area contributed by atoms with Crippen molar-refractivity contribution in [2.24, 2.45) is 5.41 Å². The van der Waals surface area contributed by atoms with E-state index in [2.05, 4.69) is 15.6 Å². The number of ether oxygens (including phenoxy) is 3. The molecule has 0 bridgehead atoms. The topological polar surface area (TPSA) is 187 Å². The van der Waals surface area contributed by atoms with E-state index in [1.807, 2.05) is 68.1 Å². The molecular weight excluding hydrogens is 729 g/mol. The van der Waals surface area contributed by atoms with Crippen molar-refractivity contribution in [3.05, 3.63) is 81.6 Å². The molecule has 296 valence electrons. The van der Waals surface area contributed by atoms with Gasteiger partial charge in [-0.15, -0.1) is 11.3 Å². The van der Waals surface area contributed by atoms with E-state index in [4.69, 9.17) is 14.2 Å². The first-order chi connectivity index (χ1) is 26.3. The molecule has 1 aliphatic heterocycles. The van der Waals surface area contributed by atoms with Crippen molar-refractivity contribution in [2.75, 3.05) is 46.2 Å². The van der Waals surface area contributed by atoms with Crippen molar-refractivity contribution < 1.29 is 38.6 Å². The zero-order valence-electron chi connectivity index (χ0n) is 31.7. The number of aliphatic hydroxyl groups is 1. The maximum atomic E-state index is 13.9. The Morgan fingerprint density at radius 2 is 1.71 bits per heavy atom. The van der Waals surface area contributed by atoms with Crippen LogP contribution < -0.4 is 10.6 Å². The lowest BCUT2D eigenvalue weighted by atomic mass is 9.85. The van der Waals surface area contributed by atoms with Crippen molar-refractivity contribution >= 4 is 45.6 Å². The molecule has 0 radical (unpaired) electrons. The number of nitro benzene ring substituents is 1. The molecule has 2 aromatic heterocycles. The number of β-amino-alcohol motifs (C(OH)–C–C–N with tert-alkyl or cyclic N) is 1. The zero-order valence-corrected chi connectivity index (χ0v) is 32.5. The quantitative estimate of drug-likeness (QED) is 0.0707. The van der Waals surface area contributed by atoms with Crippen LogP contribution in [0.5, 0.6) is 0 Å². The molecule has 1 saturated heterocycles. The monoisotopic (exact) mass is 778 g/mol. The average Bonchev–Trinajstić information content (AvgIpc) is 3.89. The Morgan fingerprint density at radius 3 is 2.36 bits per heavy atom. The third kappa shape index (κ3) is 11.2. The van der Waals surface area contributed by atoms with Crippen molar-refractivity contribution in [1.82, 2.24) is 25.1 Å². The Hall–Kier alpha value is -4.74. The van der Waals surface area contributed by atoms with Gasteiger partial charge in [-0.25, -0.2) is 4.98 Å². The smallest absolute Gasteiger partial charge is 0.278 e. The van der Waals surface area contributed by atoms with Crippen LogP contribution in [0.2, 0.25) is 0 Å². The van der Waals surface area contributed by atoms with Gasteiger partial charge >= 0.3 is 0 Å². The fraction of sp³-hybridized carbons (Fsp3) is 0.487. The largest absolute Gasteiger partial charge is 0.391 e. The number of carbonyl (C=O) groups excluding carboxylic acids is 3. The number of aryl methyl sites for hydroxylation is 1. The summed E-state index contributed by atoms with van der Waals surface area (Å²) in [4.78, 5) is 57.8. The molecule has 15 nitrogen and oxygen atoms in total. The molecule has 0 spiro atoms. The summed E-state index contributed by atoms with van der Waals surface area (Å²) >= 11 is 1.57. The molecule has 0 unspecified atom stereocenters. The maximum absolute atomic E-state index is 13.9. The first-order valence-corrected chi connectivity index (χ1v) is 19.2. The first kappa shape index (κ1) is 41.4. The zero-order chi connectivity index (χ0) is 39.5. The van der Waals surface area contributed by atoms with Gasteiger partial charge in [0.15, 0.2) is 0 Å². The molecule has 1 aliphatic rings. The van der Waals surface area contributed by atoms with Crippen LogP contribution in [0.3, 0.4) is 0 Å². The molecular formula is C39H50N6O9S. The van der Waals surface area contributed by atoms with Crippen LogP contribution in [0.1, 0.15) is 44.9 Å². The standard InChI is InChI=1S/C39H50N6O9S/c1-26-35(55-25-41-26)28-10-8-27(9-11-28)23-40-37(48)33-22-29(46)24-44(33)38(49)36(39(2,3)4)42-34(47)13-16-52-18-20-54-21-19-53-17-15-43-14-12-30-31(43)6-5-7-32(30)45(50)51/h5-12,14,25,29,33,36,46H,13,15-24H2,1-4H3,(H,40,48)(H,42,47)/t29-,33+,36-/m1/s1. The highest BCUT2D eigenvalue weighted by Crippen LogP contribution is 2.29. The fourth-order valence-corrected chi connectivity index (χ4v) is 7.26. The van der Waals surface area contributed by atoms with Crippen LogP contribution in [-0.4, -0.2) is 107 Å². The molecule has 2 aromatic carbocycles. The lowest BCUT2D eigenvalue weighted by Crippen LogP contribution is -2.57. The summed E-state index contributed by atoms with van der Waals surface area (Å²) < 4.78 is 18.7. The molecule has 1 fully saturated rings. The highest BCUT2D eigenvalue weighted by atomic mass is 32.1. The highest BCUT2D eigenvalue weighted by Gasteiger charge is 2.44. The van der Waals surface area contributed by atoms with Crippen LogP contribution in [0.15, 0.2) is 60.2 Å². The minimum atomic E-state index is -0.929. The lowest BCUT2D eigenvalue weighted by Gasteiger charge is -2.35.